The average molecular weight is 355 g/mol. The van der Waals surface area contributed by atoms with Crippen LogP contribution in [-0.2, 0) is 4.79 Å². The van der Waals surface area contributed by atoms with E-state index in [-0.39, 0.29) is 18.2 Å². The number of benzene rings is 2. The number of hydrogen-bond donors (Lipinski definition) is 1. The van der Waals surface area contributed by atoms with Crippen molar-refractivity contribution in [2.24, 2.45) is 5.10 Å². The highest BCUT2D eigenvalue weighted by molar-refractivity contribution is 5.99. The highest BCUT2D eigenvalue weighted by Crippen LogP contribution is 2.18. The summed E-state index contributed by atoms with van der Waals surface area (Å²) in [6, 6.07) is 13.5. The summed E-state index contributed by atoms with van der Waals surface area (Å²) in [6.45, 7) is 5.76. The number of carbonyl (C=O) groups is 1. The van der Waals surface area contributed by atoms with Crippen LogP contribution in [0.4, 0.5) is 5.69 Å². The van der Waals surface area contributed by atoms with E-state index in [0.29, 0.717) is 22.9 Å². The van der Waals surface area contributed by atoms with Crippen LogP contribution in [0.2, 0.25) is 0 Å². The third kappa shape index (κ3) is 5.41. The normalized spacial score (nSPS) is 11.3. The van der Waals surface area contributed by atoms with Gasteiger partial charge in [-0.1, -0.05) is 26.0 Å². The highest BCUT2D eigenvalue weighted by Gasteiger charge is 2.07. The first-order valence-corrected chi connectivity index (χ1v) is 8.17. The molecule has 0 atom stereocenters. The number of nitrogens with one attached hydrogen (secondary N) is 1. The minimum Gasteiger partial charge on any atom is -0.484 e. The number of carbonyl (C=O) groups excluding carboxylic acids is 1. The lowest BCUT2D eigenvalue weighted by Gasteiger charge is -2.08. The molecule has 1 N–H and O–H groups in total. The molecule has 0 heterocycles. The Hall–Kier alpha value is -3.22. The second-order valence-corrected chi connectivity index (χ2v) is 6.05. The molecule has 0 aliphatic rings. The van der Waals surface area contributed by atoms with Crippen molar-refractivity contribution < 1.29 is 14.5 Å². The summed E-state index contributed by atoms with van der Waals surface area (Å²) in [7, 11) is 0. The molecule has 7 nitrogen and oxygen atoms in total. The lowest BCUT2D eigenvalue weighted by Crippen LogP contribution is -2.25. The first-order valence-electron chi connectivity index (χ1n) is 8.17. The van der Waals surface area contributed by atoms with Gasteiger partial charge < -0.3 is 4.74 Å². The summed E-state index contributed by atoms with van der Waals surface area (Å²) < 4.78 is 5.43. The van der Waals surface area contributed by atoms with E-state index in [9.17, 15) is 14.9 Å². The van der Waals surface area contributed by atoms with E-state index < -0.39 is 4.92 Å². The SMILES string of the molecule is C/C(=N/NC(=O)COc1ccc(C(C)C)cc1)c1ccc([N+](=O)[O-])cc1. The lowest BCUT2D eigenvalue weighted by molar-refractivity contribution is -0.384. The summed E-state index contributed by atoms with van der Waals surface area (Å²) in [5.74, 6) is 0.656. The number of hydrazone groups is 1. The topological polar surface area (TPSA) is 93.8 Å². The number of hydrogen-bond acceptors (Lipinski definition) is 5. The van der Waals surface area contributed by atoms with Crippen molar-refractivity contribution in [3.8, 4) is 5.75 Å². The van der Waals surface area contributed by atoms with Gasteiger partial charge in [0.25, 0.3) is 11.6 Å². The Morgan fingerprint density at radius 3 is 2.31 bits per heavy atom. The Morgan fingerprint density at radius 1 is 1.15 bits per heavy atom. The second-order valence-electron chi connectivity index (χ2n) is 6.05. The zero-order chi connectivity index (χ0) is 19.1. The van der Waals surface area contributed by atoms with E-state index >= 15 is 0 Å². The Morgan fingerprint density at radius 2 is 1.77 bits per heavy atom. The predicted octanol–water partition coefficient (Wildman–Crippen LogP) is 3.64. The van der Waals surface area contributed by atoms with Gasteiger partial charge in [0.1, 0.15) is 5.75 Å². The first kappa shape index (κ1) is 19.1. The molecule has 2 aromatic carbocycles. The number of nitro benzene ring substituents is 1. The molecule has 136 valence electrons. The predicted molar refractivity (Wildman–Crippen MR) is 99.5 cm³/mol. The third-order valence-corrected chi connectivity index (χ3v) is 3.76. The van der Waals surface area contributed by atoms with Crippen molar-refractivity contribution in [3.05, 3.63) is 69.8 Å². The van der Waals surface area contributed by atoms with E-state index in [1.165, 1.54) is 17.7 Å². The van der Waals surface area contributed by atoms with E-state index in [1.54, 1.807) is 19.1 Å². The Labute approximate surface area is 151 Å². The van der Waals surface area contributed by atoms with E-state index in [2.05, 4.69) is 24.4 Å². The molecule has 26 heavy (non-hydrogen) atoms. The largest absolute Gasteiger partial charge is 0.484 e. The van der Waals surface area contributed by atoms with Gasteiger partial charge in [0.05, 0.1) is 10.6 Å². The fourth-order valence-electron chi connectivity index (χ4n) is 2.17. The van der Waals surface area contributed by atoms with Crippen molar-refractivity contribution in [2.45, 2.75) is 26.7 Å². The number of rotatable bonds is 7. The lowest BCUT2D eigenvalue weighted by atomic mass is 10.0. The molecule has 1 amide bonds. The second kappa shape index (κ2) is 8.75. The molecular weight excluding hydrogens is 334 g/mol. The molecule has 0 unspecified atom stereocenters. The molecule has 2 aromatic rings. The molecule has 7 heteroatoms. The van der Waals surface area contributed by atoms with Crippen molar-refractivity contribution in [2.75, 3.05) is 6.61 Å². The van der Waals surface area contributed by atoms with E-state index in [1.807, 2.05) is 24.3 Å². The van der Waals surface area contributed by atoms with Crippen LogP contribution in [0.3, 0.4) is 0 Å². The number of non-ortho nitro benzene ring substituents is 1. The van der Waals surface area contributed by atoms with Crippen molar-refractivity contribution in [1.82, 2.24) is 5.43 Å². The summed E-state index contributed by atoms with van der Waals surface area (Å²) in [5, 5.41) is 14.6. The van der Waals surface area contributed by atoms with Gasteiger partial charge in [0.15, 0.2) is 6.61 Å². The standard InChI is InChI=1S/C19H21N3O4/c1-13(2)15-6-10-18(11-7-15)26-12-19(23)21-20-14(3)16-4-8-17(9-5-16)22(24)25/h4-11,13H,12H2,1-3H3,(H,21,23)/b20-14-. The molecule has 0 aromatic heterocycles. The van der Waals surface area contributed by atoms with Gasteiger partial charge in [-0.15, -0.1) is 0 Å². The van der Waals surface area contributed by atoms with Crippen molar-refractivity contribution >= 4 is 17.3 Å². The molecule has 0 saturated carbocycles. The average Bonchev–Trinajstić information content (AvgIpc) is 2.64. The summed E-state index contributed by atoms with van der Waals surface area (Å²) in [4.78, 5) is 22.0. The molecule has 2 rings (SSSR count). The molecule has 0 saturated heterocycles. The van der Waals surface area contributed by atoms with Gasteiger partial charge in [-0.2, -0.15) is 5.10 Å². The number of nitrogens with zero attached hydrogens (tertiary/aromatic N) is 2. The van der Waals surface area contributed by atoms with E-state index in [4.69, 9.17) is 4.74 Å². The van der Waals surface area contributed by atoms with Crippen LogP contribution < -0.4 is 10.2 Å². The fraction of sp³-hybridized carbons (Fsp3) is 0.263. The van der Waals surface area contributed by atoms with Gasteiger partial charge >= 0.3 is 0 Å². The first-order chi connectivity index (χ1) is 12.4. The molecule has 0 bridgehead atoms. The Kier molecular flexibility index (Phi) is 6.43. The quantitative estimate of drug-likeness (QED) is 0.466. The molecule has 0 radical (unpaired) electrons. The molecule has 0 aliphatic heterocycles. The van der Waals surface area contributed by atoms with Gasteiger partial charge in [-0.3, -0.25) is 14.9 Å². The Balaban J connectivity index is 1.86. The van der Waals surface area contributed by atoms with Crippen LogP contribution in [0.15, 0.2) is 53.6 Å². The zero-order valence-corrected chi connectivity index (χ0v) is 14.9. The highest BCUT2D eigenvalue weighted by atomic mass is 16.6. The summed E-state index contributed by atoms with van der Waals surface area (Å²) in [5.41, 5.74) is 4.83. The molecule has 0 aliphatic carbocycles. The van der Waals surface area contributed by atoms with Gasteiger partial charge in [-0.25, -0.2) is 5.43 Å². The number of nitro groups is 1. The van der Waals surface area contributed by atoms with Crippen LogP contribution in [0, 0.1) is 10.1 Å². The van der Waals surface area contributed by atoms with Crippen molar-refractivity contribution in [3.63, 3.8) is 0 Å². The summed E-state index contributed by atoms with van der Waals surface area (Å²) in [6.07, 6.45) is 0. The smallest absolute Gasteiger partial charge is 0.277 e. The third-order valence-electron chi connectivity index (χ3n) is 3.76. The maximum Gasteiger partial charge on any atom is 0.277 e. The maximum absolute atomic E-state index is 11.8. The Bertz CT molecular complexity index is 797. The number of ether oxygens (including phenoxy) is 1. The minimum absolute atomic E-state index is 0.00229. The van der Waals surface area contributed by atoms with Crippen LogP contribution >= 0.6 is 0 Å². The fourth-order valence-corrected chi connectivity index (χ4v) is 2.17. The van der Waals surface area contributed by atoms with Gasteiger partial charge in [0.2, 0.25) is 0 Å². The minimum atomic E-state index is -0.469. The maximum atomic E-state index is 11.8. The van der Waals surface area contributed by atoms with Crippen LogP contribution in [-0.4, -0.2) is 23.1 Å². The van der Waals surface area contributed by atoms with Crippen LogP contribution in [0.5, 0.6) is 5.75 Å². The zero-order valence-electron chi connectivity index (χ0n) is 14.9. The van der Waals surface area contributed by atoms with Gasteiger partial charge in [-0.05, 0) is 48.2 Å². The van der Waals surface area contributed by atoms with Gasteiger partial charge in [0, 0.05) is 12.1 Å². The van der Waals surface area contributed by atoms with Crippen LogP contribution in [0.1, 0.15) is 37.8 Å². The monoisotopic (exact) mass is 355 g/mol. The van der Waals surface area contributed by atoms with E-state index in [0.717, 1.165) is 0 Å². The molecule has 0 fully saturated rings. The number of amides is 1. The van der Waals surface area contributed by atoms with Crippen LogP contribution in [0.25, 0.3) is 0 Å². The molecule has 0 spiro atoms. The molecular formula is C19H21N3O4. The summed E-state index contributed by atoms with van der Waals surface area (Å²) >= 11 is 0. The van der Waals surface area contributed by atoms with Crippen molar-refractivity contribution in [1.29, 1.82) is 0 Å².